The third-order valence-electron chi connectivity index (χ3n) is 4.50. The van der Waals surface area contributed by atoms with E-state index in [1.165, 1.54) is 5.56 Å². The number of nitrogens with two attached hydrogens (primary N) is 1. The minimum Gasteiger partial charge on any atom is -0.382 e. The van der Waals surface area contributed by atoms with Crippen molar-refractivity contribution in [2.75, 3.05) is 12.3 Å². The van der Waals surface area contributed by atoms with Crippen LogP contribution < -0.4 is 5.73 Å². The lowest BCUT2D eigenvalue weighted by molar-refractivity contribution is -0.133. The predicted octanol–water partition coefficient (Wildman–Crippen LogP) is 2.33. The van der Waals surface area contributed by atoms with Gasteiger partial charge >= 0.3 is 0 Å². The second kappa shape index (κ2) is 6.22. The molecule has 0 atom stereocenters. The van der Waals surface area contributed by atoms with Gasteiger partial charge in [-0.2, -0.15) is 5.10 Å². The fourth-order valence-corrected chi connectivity index (χ4v) is 3.15. The summed E-state index contributed by atoms with van der Waals surface area (Å²) < 4.78 is 0. The number of carbonyl (C=O) groups excluding carboxylic acids is 1. The molecular formula is C17H22N4O. The molecular weight excluding hydrogens is 276 g/mol. The Hall–Kier alpha value is -2.30. The van der Waals surface area contributed by atoms with Gasteiger partial charge in [-0.1, -0.05) is 30.3 Å². The van der Waals surface area contributed by atoms with Crippen LogP contribution in [-0.2, 0) is 11.2 Å². The van der Waals surface area contributed by atoms with E-state index in [0.717, 1.165) is 31.5 Å². The first kappa shape index (κ1) is 14.6. The topological polar surface area (TPSA) is 75.0 Å². The average molecular weight is 298 g/mol. The Kier molecular flexibility index (Phi) is 4.13. The summed E-state index contributed by atoms with van der Waals surface area (Å²) in [5.74, 6) is 1.13. The molecule has 0 radical (unpaired) electrons. The van der Waals surface area contributed by atoms with Crippen LogP contribution in [0.15, 0.2) is 36.4 Å². The summed E-state index contributed by atoms with van der Waals surface area (Å²) in [5.41, 5.74) is 8.00. The van der Waals surface area contributed by atoms with Gasteiger partial charge in [0.15, 0.2) is 0 Å². The molecule has 1 saturated carbocycles. The lowest BCUT2D eigenvalue weighted by Gasteiger charge is -2.42. The van der Waals surface area contributed by atoms with Gasteiger partial charge in [0.05, 0.1) is 0 Å². The van der Waals surface area contributed by atoms with Gasteiger partial charge in [-0.05, 0) is 24.8 Å². The van der Waals surface area contributed by atoms with Gasteiger partial charge in [0.1, 0.15) is 5.82 Å². The molecule has 2 aromatic rings. The summed E-state index contributed by atoms with van der Waals surface area (Å²) in [5, 5.41) is 6.95. The number of nitrogen functional groups attached to an aromatic ring is 1. The van der Waals surface area contributed by atoms with E-state index in [0.29, 0.717) is 17.8 Å². The number of anilines is 1. The summed E-state index contributed by atoms with van der Waals surface area (Å²) in [4.78, 5) is 13.9. The summed E-state index contributed by atoms with van der Waals surface area (Å²) in [7, 11) is 0. The molecule has 116 valence electrons. The maximum absolute atomic E-state index is 11.9. The van der Waals surface area contributed by atoms with Crippen LogP contribution in [0.4, 0.5) is 5.82 Å². The van der Waals surface area contributed by atoms with Crippen molar-refractivity contribution in [3.63, 3.8) is 0 Å². The highest BCUT2D eigenvalue weighted by molar-refractivity contribution is 5.73. The SMILES string of the molecule is CC(=O)N(CCc1ccccc1)[C@H]1C[C@@H](c2cc(N)n[nH]2)C1. The van der Waals surface area contributed by atoms with Crippen molar-refractivity contribution < 1.29 is 4.79 Å². The van der Waals surface area contributed by atoms with Crippen LogP contribution in [0.1, 0.15) is 36.9 Å². The highest BCUT2D eigenvalue weighted by Gasteiger charge is 2.36. The smallest absolute Gasteiger partial charge is 0.219 e. The van der Waals surface area contributed by atoms with E-state index in [1.54, 1.807) is 6.92 Å². The normalized spacial score (nSPS) is 20.4. The molecule has 1 aromatic heterocycles. The standard InChI is InChI=1S/C17H22N4O/c1-12(22)21(8-7-13-5-3-2-4-6-13)15-9-14(10-15)16-11-17(18)20-19-16/h2-6,11,14-15H,7-10H2,1H3,(H3,18,19,20)/t14-,15+. The van der Waals surface area contributed by atoms with E-state index >= 15 is 0 Å². The van der Waals surface area contributed by atoms with Crippen LogP contribution in [0, 0.1) is 0 Å². The van der Waals surface area contributed by atoms with E-state index in [1.807, 2.05) is 29.2 Å². The highest BCUT2D eigenvalue weighted by atomic mass is 16.2. The van der Waals surface area contributed by atoms with Gasteiger partial charge in [-0.25, -0.2) is 0 Å². The molecule has 1 aromatic carbocycles. The first-order chi connectivity index (χ1) is 10.6. The zero-order chi connectivity index (χ0) is 15.5. The molecule has 0 aliphatic heterocycles. The number of amides is 1. The minimum atomic E-state index is 0.156. The summed E-state index contributed by atoms with van der Waals surface area (Å²) in [6.45, 7) is 2.44. The number of hydrogen-bond donors (Lipinski definition) is 2. The van der Waals surface area contributed by atoms with Crippen molar-refractivity contribution in [3.8, 4) is 0 Å². The number of hydrogen-bond acceptors (Lipinski definition) is 3. The van der Waals surface area contributed by atoms with E-state index in [9.17, 15) is 4.79 Å². The second-order valence-electron chi connectivity index (χ2n) is 6.02. The Morgan fingerprint density at radius 2 is 2.09 bits per heavy atom. The molecule has 1 aliphatic carbocycles. The van der Waals surface area contributed by atoms with Crippen LogP contribution >= 0.6 is 0 Å². The predicted molar refractivity (Wildman–Crippen MR) is 86.3 cm³/mol. The molecule has 5 heteroatoms. The van der Waals surface area contributed by atoms with Gasteiger partial charge in [-0.3, -0.25) is 9.89 Å². The largest absolute Gasteiger partial charge is 0.382 e. The Balaban J connectivity index is 1.56. The van der Waals surface area contributed by atoms with Gasteiger partial charge in [-0.15, -0.1) is 0 Å². The third-order valence-corrected chi connectivity index (χ3v) is 4.50. The van der Waals surface area contributed by atoms with Crippen LogP contribution in [-0.4, -0.2) is 33.6 Å². The maximum atomic E-state index is 11.9. The van der Waals surface area contributed by atoms with Gasteiger partial charge in [0, 0.05) is 37.2 Å². The molecule has 3 N–H and O–H groups in total. The Morgan fingerprint density at radius 1 is 1.36 bits per heavy atom. The molecule has 0 bridgehead atoms. The molecule has 3 rings (SSSR count). The lowest BCUT2D eigenvalue weighted by atomic mass is 9.77. The number of H-pyrrole nitrogens is 1. The van der Waals surface area contributed by atoms with Gasteiger partial charge in [0.25, 0.3) is 0 Å². The molecule has 1 heterocycles. The maximum Gasteiger partial charge on any atom is 0.219 e. The van der Waals surface area contributed by atoms with Crippen molar-refractivity contribution in [3.05, 3.63) is 47.7 Å². The van der Waals surface area contributed by atoms with E-state index in [2.05, 4.69) is 22.3 Å². The Morgan fingerprint density at radius 3 is 2.68 bits per heavy atom. The molecule has 1 aliphatic rings. The molecule has 0 saturated heterocycles. The van der Waals surface area contributed by atoms with Crippen molar-refractivity contribution >= 4 is 11.7 Å². The van der Waals surface area contributed by atoms with Crippen LogP contribution in [0.2, 0.25) is 0 Å². The van der Waals surface area contributed by atoms with Crippen molar-refractivity contribution in [2.24, 2.45) is 0 Å². The quantitative estimate of drug-likeness (QED) is 0.889. The summed E-state index contributed by atoms with van der Waals surface area (Å²) >= 11 is 0. The molecule has 5 nitrogen and oxygen atoms in total. The second-order valence-corrected chi connectivity index (χ2v) is 6.02. The van der Waals surface area contributed by atoms with Gasteiger partial charge in [0.2, 0.25) is 5.91 Å². The minimum absolute atomic E-state index is 0.156. The number of benzene rings is 1. The monoisotopic (exact) mass is 298 g/mol. The zero-order valence-electron chi connectivity index (χ0n) is 12.8. The molecule has 0 spiro atoms. The third kappa shape index (κ3) is 3.13. The van der Waals surface area contributed by atoms with Crippen molar-refractivity contribution in [1.82, 2.24) is 15.1 Å². The fraction of sp³-hybridized carbons (Fsp3) is 0.412. The first-order valence-electron chi connectivity index (χ1n) is 7.75. The van der Waals surface area contributed by atoms with E-state index < -0.39 is 0 Å². The number of rotatable bonds is 5. The van der Waals surface area contributed by atoms with Crippen molar-refractivity contribution in [1.29, 1.82) is 0 Å². The first-order valence-corrected chi connectivity index (χ1v) is 7.75. The Bertz CT molecular complexity index is 631. The van der Waals surface area contributed by atoms with Crippen LogP contribution in [0.5, 0.6) is 0 Å². The Labute approximate surface area is 130 Å². The fourth-order valence-electron chi connectivity index (χ4n) is 3.15. The number of aromatic amines is 1. The average Bonchev–Trinajstić information content (AvgIpc) is 2.88. The van der Waals surface area contributed by atoms with Crippen LogP contribution in [0.25, 0.3) is 0 Å². The van der Waals surface area contributed by atoms with Gasteiger partial charge < -0.3 is 10.6 Å². The highest BCUT2D eigenvalue weighted by Crippen LogP contribution is 2.39. The van der Waals surface area contributed by atoms with Crippen molar-refractivity contribution in [2.45, 2.75) is 38.1 Å². The number of carbonyl (C=O) groups is 1. The molecule has 1 fully saturated rings. The number of nitrogens with one attached hydrogen (secondary N) is 1. The zero-order valence-corrected chi connectivity index (χ0v) is 12.8. The molecule has 0 unspecified atom stereocenters. The number of aromatic nitrogens is 2. The lowest BCUT2D eigenvalue weighted by Crippen LogP contribution is -2.47. The van der Waals surface area contributed by atoms with E-state index in [4.69, 9.17) is 5.73 Å². The summed E-state index contributed by atoms with van der Waals surface area (Å²) in [6.07, 6.45) is 2.87. The molecule has 1 amide bonds. The number of nitrogens with zero attached hydrogens (tertiary/aromatic N) is 2. The molecule has 22 heavy (non-hydrogen) atoms. The van der Waals surface area contributed by atoms with Crippen LogP contribution in [0.3, 0.4) is 0 Å². The van der Waals surface area contributed by atoms with E-state index in [-0.39, 0.29) is 5.91 Å². The summed E-state index contributed by atoms with van der Waals surface area (Å²) in [6, 6.07) is 12.5.